The SMILES string of the molecule is O=C(Nc1ccncc1)Nc1cccc(O)c1. The fourth-order valence-electron chi connectivity index (χ4n) is 1.31. The summed E-state index contributed by atoms with van der Waals surface area (Å²) in [7, 11) is 0. The van der Waals surface area contributed by atoms with Crippen LogP contribution in [0.4, 0.5) is 16.2 Å². The van der Waals surface area contributed by atoms with Gasteiger partial charge in [-0.2, -0.15) is 0 Å². The Morgan fingerprint density at radius 1 is 1.06 bits per heavy atom. The van der Waals surface area contributed by atoms with Crippen molar-refractivity contribution in [1.29, 1.82) is 0 Å². The van der Waals surface area contributed by atoms with E-state index in [1.807, 2.05) is 0 Å². The Morgan fingerprint density at radius 2 is 1.76 bits per heavy atom. The van der Waals surface area contributed by atoms with Crippen molar-refractivity contribution < 1.29 is 9.90 Å². The molecule has 1 heterocycles. The summed E-state index contributed by atoms with van der Waals surface area (Å²) in [6.07, 6.45) is 3.17. The van der Waals surface area contributed by atoms with Crippen molar-refractivity contribution >= 4 is 17.4 Å². The van der Waals surface area contributed by atoms with Gasteiger partial charge in [0, 0.05) is 29.8 Å². The number of aromatic nitrogens is 1. The summed E-state index contributed by atoms with van der Waals surface area (Å²) in [5.74, 6) is 0.103. The highest BCUT2D eigenvalue weighted by Gasteiger charge is 2.02. The molecule has 3 N–H and O–H groups in total. The summed E-state index contributed by atoms with van der Waals surface area (Å²) in [6.45, 7) is 0. The van der Waals surface area contributed by atoms with Gasteiger partial charge in [0.2, 0.25) is 0 Å². The van der Waals surface area contributed by atoms with E-state index in [-0.39, 0.29) is 11.8 Å². The second-order valence-corrected chi connectivity index (χ2v) is 3.37. The van der Waals surface area contributed by atoms with E-state index in [1.165, 1.54) is 12.1 Å². The van der Waals surface area contributed by atoms with Gasteiger partial charge in [0.25, 0.3) is 0 Å². The standard InChI is InChI=1S/C12H11N3O2/c16-11-3-1-2-10(8-11)15-12(17)14-9-4-6-13-7-5-9/h1-8,16H,(H2,13,14,15,17). The molecule has 17 heavy (non-hydrogen) atoms. The maximum absolute atomic E-state index is 11.6. The normalized spacial score (nSPS) is 9.65. The number of nitrogens with zero attached hydrogens (tertiary/aromatic N) is 1. The number of hydrogen-bond donors (Lipinski definition) is 3. The number of hydrogen-bond acceptors (Lipinski definition) is 3. The van der Waals surface area contributed by atoms with Crippen LogP contribution in [0.1, 0.15) is 0 Å². The smallest absolute Gasteiger partial charge is 0.323 e. The van der Waals surface area contributed by atoms with Crippen molar-refractivity contribution in [3.05, 3.63) is 48.8 Å². The van der Waals surface area contributed by atoms with Crippen molar-refractivity contribution in [2.75, 3.05) is 10.6 Å². The van der Waals surface area contributed by atoms with Crippen molar-refractivity contribution in [3.63, 3.8) is 0 Å². The molecule has 2 amide bonds. The van der Waals surface area contributed by atoms with Crippen molar-refractivity contribution in [2.45, 2.75) is 0 Å². The molecule has 1 aromatic carbocycles. The first kappa shape index (κ1) is 10.9. The molecule has 5 nitrogen and oxygen atoms in total. The Hall–Kier alpha value is -2.56. The van der Waals surface area contributed by atoms with Gasteiger partial charge in [-0.3, -0.25) is 4.98 Å². The molecule has 0 bridgehead atoms. The molecule has 1 aromatic heterocycles. The predicted octanol–water partition coefficient (Wildman–Crippen LogP) is 2.43. The number of amides is 2. The number of phenolic OH excluding ortho intramolecular Hbond substituents is 1. The third-order valence-corrected chi connectivity index (χ3v) is 2.04. The molecule has 0 atom stereocenters. The zero-order chi connectivity index (χ0) is 12.1. The quantitative estimate of drug-likeness (QED) is 0.740. The van der Waals surface area contributed by atoms with E-state index in [9.17, 15) is 9.90 Å². The number of aromatic hydroxyl groups is 1. The van der Waals surface area contributed by atoms with Crippen LogP contribution >= 0.6 is 0 Å². The van der Waals surface area contributed by atoms with Crippen LogP contribution in [0.25, 0.3) is 0 Å². The average Bonchev–Trinajstić information content (AvgIpc) is 2.30. The minimum absolute atomic E-state index is 0.103. The highest BCUT2D eigenvalue weighted by Crippen LogP contribution is 2.15. The van der Waals surface area contributed by atoms with Gasteiger partial charge >= 0.3 is 6.03 Å². The van der Waals surface area contributed by atoms with E-state index >= 15 is 0 Å². The molecule has 0 saturated carbocycles. The molecule has 86 valence electrons. The highest BCUT2D eigenvalue weighted by atomic mass is 16.3. The number of carbonyl (C=O) groups excluding carboxylic acids is 1. The maximum atomic E-state index is 11.6. The predicted molar refractivity (Wildman–Crippen MR) is 65.0 cm³/mol. The summed E-state index contributed by atoms with van der Waals surface area (Å²) in [5.41, 5.74) is 1.18. The number of phenols is 1. The minimum Gasteiger partial charge on any atom is -0.508 e. The molecule has 0 fully saturated rings. The summed E-state index contributed by atoms with van der Waals surface area (Å²) in [4.78, 5) is 15.4. The number of pyridine rings is 1. The third-order valence-electron chi connectivity index (χ3n) is 2.04. The fourth-order valence-corrected chi connectivity index (χ4v) is 1.31. The van der Waals surface area contributed by atoms with Crippen LogP contribution in [-0.2, 0) is 0 Å². The lowest BCUT2D eigenvalue weighted by molar-refractivity contribution is 0.262. The molecule has 2 aromatic rings. The molecular weight excluding hydrogens is 218 g/mol. The second-order valence-electron chi connectivity index (χ2n) is 3.37. The topological polar surface area (TPSA) is 74.2 Å². The molecule has 0 aliphatic rings. The summed E-state index contributed by atoms with van der Waals surface area (Å²) < 4.78 is 0. The summed E-state index contributed by atoms with van der Waals surface area (Å²) in [5, 5.41) is 14.5. The van der Waals surface area contributed by atoms with Crippen LogP contribution in [0.3, 0.4) is 0 Å². The minimum atomic E-state index is -0.373. The van der Waals surface area contributed by atoms with Crippen LogP contribution in [0.2, 0.25) is 0 Å². The second kappa shape index (κ2) is 4.98. The monoisotopic (exact) mass is 229 g/mol. The Bertz CT molecular complexity index is 514. The highest BCUT2D eigenvalue weighted by molar-refractivity contribution is 5.99. The molecule has 2 rings (SSSR count). The van der Waals surface area contributed by atoms with E-state index in [0.29, 0.717) is 11.4 Å². The van der Waals surface area contributed by atoms with Gasteiger partial charge < -0.3 is 15.7 Å². The summed E-state index contributed by atoms with van der Waals surface area (Å²) >= 11 is 0. The molecule has 0 radical (unpaired) electrons. The number of urea groups is 1. The van der Waals surface area contributed by atoms with Gasteiger partial charge in [0.05, 0.1) is 0 Å². The lowest BCUT2D eigenvalue weighted by Gasteiger charge is -2.07. The van der Waals surface area contributed by atoms with Gasteiger partial charge in [-0.05, 0) is 24.3 Å². The van der Waals surface area contributed by atoms with E-state index in [1.54, 1.807) is 36.7 Å². The Kier molecular flexibility index (Phi) is 3.20. The maximum Gasteiger partial charge on any atom is 0.323 e. The molecular formula is C12H11N3O2. The molecule has 0 aliphatic carbocycles. The zero-order valence-electron chi connectivity index (χ0n) is 8.92. The lowest BCUT2D eigenvalue weighted by atomic mass is 10.3. The van der Waals surface area contributed by atoms with Crippen molar-refractivity contribution in [1.82, 2.24) is 4.98 Å². The van der Waals surface area contributed by atoms with Gasteiger partial charge in [0.15, 0.2) is 0 Å². The molecule has 5 heteroatoms. The lowest BCUT2D eigenvalue weighted by Crippen LogP contribution is -2.19. The molecule has 0 saturated heterocycles. The first-order valence-corrected chi connectivity index (χ1v) is 5.01. The van der Waals surface area contributed by atoms with Crippen LogP contribution in [0.15, 0.2) is 48.8 Å². The van der Waals surface area contributed by atoms with E-state index in [0.717, 1.165) is 0 Å². The van der Waals surface area contributed by atoms with Crippen molar-refractivity contribution in [2.24, 2.45) is 0 Å². The van der Waals surface area contributed by atoms with Crippen LogP contribution in [0.5, 0.6) is 5.75 Å². The Balaban J connectivity index is 1.98. The number of benzene rings is 1. The van der Waals surface area contributed by atoms with E-state index in [4.69, 9.17) is 0 Å². The molecule has 0 aliphatic heterocycles. The van der Waals surface area contributed by atoms with Gasteiger partial charge in [0.1, 0.15) is 5.75 Å². The third kappa shape index (κ3) is 3.20. The van der Waals surface area contributed by atoms with E-state index < -0.39 is 0 Å². The molecule has 0 unspecified atom stereocenters. The van der Waals surface area contributed by atoms with Crippen LogP contribution < -0.4 is 10.6 Å². The van der Waals surface area contributed by atoms with Crippen LogP contribution in [-0.4, -0.2) is 16.1 Å². The molecule has 0 spiro atoms. The zero-order valence-corrected chi connectivity index (χ0v) is 8.92. The first-order chi connectivity index (χ1) is 8.24. The Labute approximate surface area is 98.1 Å². The average molecular weight is 229 g/mol. The van der Waals surface area contributed by atoms with E-state index in [2.05, 4.69) is 15.6 Å². The number of anilines is 2. The van der Waals surface area contributed by atoms with Gasteiger partial charge in [-0.15, -0.1) is 0 Å². The number of rotatable bonds is 2. The fraction of sp³-hybridized carbons (Fsp3) is 0. The number of nitrogens with one attached hydrogen (secondary N) is 2. The van der Waals surface area contributed by atoms with Crippen LogP contribution in [0, 0.1) is 0 Å². The first-order valence-electron chi connectivity index (χ1n) is 5.01. The summed E-state index contributed by atoms with van der Waals surface area (Å²) in [6, 6.07) is 9.33. The van der Waals surface area contributed by atoms with Gasteiger partial charge in [-0.1, -0.05) is 6.07 Å². The largest absolute Gasteiger partial charge is 0.508 e. The van der Waals surface area contributed by atoms with Gasteiger partial charge in [-0.25, -0.2) is 4.79 Å². The van der Waals surface area contributed by atoms with Crippen molar-refractivity contribution in [3.8, 4) is 5.75 Å². The number of carbonyl (C=O) groups is 1. The Morgan fingerprint density at radius 3 is 2.47 bits per heavy atom.